The molecule has 21 nitrogen and oxygen atoms in total. The van der Waals surface area contributed by atoms with Gasteiger partial charge < -0.3 is 65.3 Å². The number of aromatic amines is 4. The molecule has 4 aromatic heterocycles. The number of fused-ring (bicyclic) bond motifs is 2. The van der Waals surface area contributed by atoms with E-state index < -0.39 is 0 Å². The third kappa shape index (κ3) is 20.7. The summed E-state index contributed by atoms with van der Waals surface area (Å²) < 4.78 is 16.6. The van der Waals surface area contributed by atoms with Crippen molar-refractivity contribution >= 4 is 11.4 Å². The maximum Gasteiger partial charge on any atom is 0.143 e. The molecule has 0 bridgehead atoms. The van der Waals surface area contributed by atoms with Gasteiger partial charge in [0.05, 0.1) is 66.5 Å². The molecule has 21 heteroatoms. The van der Waals surface area contributed by atoms with Gasteiger partial charge in [0.25, 0.3) is 0 Å². The quantitative estimate of drug-likeness (QED) is 0.0203. The molecule has 0 unspecified atom stereocenters. The molecule has 0 spiro atoms. The molecule has 2 aliphatic heterocycles. The van der Waals surface area contributed by atoms with Gasteiger partial charge in [-0.05, 0) is 157 Å². The third-order valence-electron chi connectivity index (χ3n) is 15.8. The molecule has 4 aromatic carbocycles. The number of nitrogens with zero attached hydrogens (tertiary/aromatic N) is 10. The Morgan fingerprint density at radius 2 is 0.989 bits per heavy atom. The van der Waals surface area contributed by atoms with Crippen molar-refractivity contribution in [2.75, 3.05) is 124 Å². The predicted molar refractivity (Wildman–Crippen MR) is 373 cm³/mol. The minimum Gasteiger partial charge on any atom is -0.494 e. The second-order valence-corrected chi connectivity index (χ2v) is 24.2. The highest BCUT2D eigenvalue weighted by Crippen LogP contribution is 2.39. The average molecular weight is 1260 g/mol. The Morgan fingerprint density at radius 3 is 1.43 bits per heavy atom. The lowest BCUT2D eigenvalue weighted by Gasteiger charge is -2.34. The predicted octanol–water partition coefficient (Wildman–Crippen LogP) is 10.2. The summed E-state index contributed by atoms with van der Waals surface area (Å²) in [6.45, 7) is 28.3. The number of likely N-dealkylation sites (N-methyl/N-ethyl adjacent to an activating group) is 3. The summed E-state index contributed by atoms with van der Waals surface area (Å²) in [4.78, 5) is 13.4. The van der Waals surface area contributed by atoms with E-state index in [1.807, 2.05) is 86.4 Å². The van der Waals surface area contributed by atoms with Crippen LogP contribution in [0, 0.1) is 5.92 Å². The number of aliphatic hydroxyl groups is 2. The minimum atomic E-state index is 0.0240. The van der Waals surface area contributed by atoms with Gasteiger partial charge in [0.2, 0.25) is 0 Å². The van der Waals surface area contributed by atoms with Crippen LogP contribution in [-0.4, -0.2) is 185 Å². The van der Waals surface area contributed by atoms with Gasteiger partial charge >= 0.3 is 0 Å². The molecular weight excluding hydrogens is 1160 g/mol. The van der Waals surface area contributed by atoms with Crippen molar-refractivity contribution in [2.45, 2.75) is 86.0 Å². The van der Waals surface area contributed by atoms with E-state index in [0.717, 1.165) is 158 Å². The lowest BCUT2D eigenvalue weighted by atomic mass is 9.95. The minimum absolute atomic E-state index is 0.0240. The molecular formula is C71H102N16O5. The van der Waals surface area contributed by atoms with Crippen molar-refractivity contribution in [1.82, 2.24) is 60.4 Å². The first-order valence-corrected chi connectivity index (χ1v) is 32.3. The van der Waals surface area contributed by atoms with Crippen molar-refractivity contribution in [3.63, 3.8) is 0 Å². The summed E-state index contributed by atoms with van der Waals surface area (Å²) in [5, 5.41) is 46.8. The molecule has 0 saturated heterocycles. The van der Waals surface area contributed by atoms with E-state index in [1.165, 1.54) is 39.2 Å². The van der Waals surface area contributed by atoms with Crippen LogP contribution in [0.5, 0.6) is 17.2 Å². The highest BCUT2D eigenvalue weighted by molar-refractivity contribution is 5.75. The zero-order valence-electron chi connectivity index (χ0n) is 56.0. The topological polar surface area (TPSA) is 254 Å². The van der Waals surface area contributed by atoms with E-state index in [4.69, 9.17) is 35.9 Å². The summed E-state index contributed by atoms with van der Waals surface area (Å²) in [6.07, 6.45) is 12.6. The van der Waals surface area contributed by atoms with Gasteiger partial charge in [-0.2, -0.15) is 20.4 Å². The number of nitrogens with two attached hydrogens (primary N) is 2. The monoisotopic (exact) mass is 1260 g/mol. The molecule has 0 fully saturated rings. The van der Waals surface area contributed by atoms with Crippen molar-refractivity contribution in [1.29, 1.82) is 0 Å². The van der Waals surface area contributed by atoms with Crippen LogP contribution in [0.4, 0.5) is 11.4 Å². The Kier molecular flexibility index (Phi) is 28.5. The van der Waals surface area contributed by atoms with Crippen LogP contribution >= 0.6 is 0 Å². The van der Waals surface area contributed by atoms with E-state index in [-0.39, 0.29) is 13.2 Å². The lowest BCUT2D eigenvalue weighted by Crippen LogP contribution is -2.30. The largest absolute Gasteiger partial charge is 0.494 e. The van der Waals surface area contributed by atoms with Crippen LogP contribution < -0.4 is 35.5 Å². The van der Waals surface area contributed by atoms with E-state index in [0.29, 0.717) is 45.2 Å². The highest BCUT2D eigenvalue weighted by Gasteiger charge is 2.24. The molecule has 92 heavy (non-hydrogen) atoms. The number of aromatic nitrogens is 8. The van der Waals surface area contributed by atoms with Crippen molar-refractivity contribution in [3.05, 3.63) is 162 Å². The Labute approximate surface area is 545 Å². The molecule has 6 heterocycles. The Bertz CT molecular complexity index is 3460. The standard InChI is InChI=1S/C21H31N5.C17H23N5O.C17H25N3O2.C16H23N3O2/c1-15(2)13-26-16(3)5-6-17-11-18(7-8-20(17)26)21-19(12-23-24-21)14-25(4)10-9-22;1-12-11-23-16-5-4-13(8-15(16)22(12)3)17-14(9-19-20-17)10-21(2)7-6-18;1-3-9-20(2)13-15-12-18-19-17(15)14-5-7-16(8-6-14)22-11-4-10-21;1-3-8-19(2)12-14-11-17-18-16(14)13-4-6-15(7-5-13)21-10-9-20/h7-8,11-12,15H,3,5-6,9-10,13-14,22H2,1-2,4H3,(H,23,24);4-5,8-9H,1,6-7,10-11,18H2,2-3H3,(H,19,20);5-8,12,21H,3-4,9-11,13H2,1-2H3,(H,18,19);4-7,11,20H,3,8-10,12H2,1-2H3,(H,17,18). The molecule has 0 saturated carbocycles. The van der Waals surface area contributed by atoms with Gasteiger partial charge in [-0.15, -0.1) is 0 Å². The first-order valence-electron chi connectivity index (χ1n) is 32.3. The Hall–Kier alpha value is -8.12. The molecule has 496 valence electrons. The smallest absolute Gasteiger partial charge is 0.143 e. The molecule has 0 aliphatic carbocycles. The number of rotatable bonds is 29. The number of benzene rings is 4. The first-order chi connectivity index (χ1) is 44.6. The van der Waals surface area contributed by atoms with Gasteiger partial charge in [-0.25, -0.2) is 0 Å². The summed E-state index contributed by atoms with van der Waals surface area (Å²) in [7, 11) is 10.4. The fourth-order valence-corrected chi connectivity index (χ4v) is 11.1. The Balaban J connectivity index is 0.000000175. The number of ether oxygens (including phenoxy) is 3. The SMILES string of the molecule is C=C1CCc2cc(-c3[nH]ncc3CN(C)CCN)ccc2N1CC(C)C.C=C1COc2ccc(-c3[nH]ncc3CN(C)CCN)cc2N1C.CCCN(C)Cc1cn[nH]c1-c1ccc(OCCCO)cc1.CCCN(C)Cc1cn[nH]c1-c1ccc(OCCO)cc1. The lowest BCUT2D eigenvalue weighted by molar-refractivity contribution is 0.201. The summed E-state index contributed by atoms with van der Waals surface area (Å²) in [6, 6.07) is 28.7. The first kappa shape index (κ1) is 71.3. The van der Waals surface area contributed by atoms with Gasteiger partial charge in [0.15, 0.2) is 0 Å². The van der Waals surface area contributed by atoms with E-state index in [9.17, 15) is 0 Å². The Morgan fingerprint density at radius 1 is 0.554 bits per heavy atom. The van der Waals surface area contributed by atoms with Gasteiger partial charge in [-0.3, -0.25) is 20.4 Å². The number of hydrogen-bond donors (Lipinski definition) is 8. The number of nitrogens with one attached hydrogen (secondary N) is 4. The number of aryl methyl sites for hydroxylation is 1. The number of aliphatic hydroxyl groups excluding tert-OH is 2. The fourth-order valence-electron chi connectivity index (χ4n) is 11.1. The molecule has 2 aliphatic rings. The van der Waals surface area contributed by atoms with Crippen LogP contribution in [0.2, 0.25) is 0 Å². The van der Waals surface area contributed by atoms with E-state index in [2.05, 4.69) is 170 Å². The van der Waals surface area contributed by atoms with Crippen molar-refractivity contribution in [2.24, 2.45) is 17.4 Å². The second-order valence-electron chi connectivity index (χ2n) is 24.2. The van der Waals surface area contributed by atoms with Gasteiger partial charge in [0, 0.05) is 141 Å². The van der Waals surface area contributed by atoms with Crippen LogP contribution in [0.15, 0.2) is 134 Å². The van der Waals surface area contributed by atoms with Crippen molar-refractivity contribution in [3.8, 4) is 62.3 Å². The normalized spacial score (nSPS) is 12.8. The number of hydrogen-bond acceptors (Lipinski definition) is 17. The number of anilines is 2. The summed E-state index contributed by atoms with van der Waals surface area (Å²) in [5.74, 6) is 3.07. The van der Waals surface area contributed by atoms with Crippen LogP contribution in [0.1, 0.15) is 81.2 Å². The summed E-state index contributed by atoms with van der Waals surface area (Å²) in [5.41, 5.74) is 30.7. The second kappa shape index (κ2) is 36.8. The van der Waals surface area contributed by atoms with E-state index >= 15 is 0 Å². The zero-order chi connectivity index (χ0) is 65.9. The molecule has 0 atom stereocenters. The van der Waals surface area contributed by atoms with Gasteiger partial charge in [0.1, 0.15) is 30.5 Å². The third-order valence-corrected chi connectivity index (χ3v) is 15.8. The zero-order valence-corrected chi connectivity index (χ0v) is 56.0. The van der Waals surface area contributed by atoms with Crippen molar-refractivity contribution < 1.29 is 24.4 Å². The average Bonchev–Trinajstić information content (AvgIpc) is 1.10. The fraction of sp³-hybridized carbons (Fsp3) is 0.437. The maximum absolute atomic E-state index is 8.76. The van der Waals surface area contributed by atoms with Gasteiger partial charge in [-0.1, -0.05) is 46.9 Å². The molecule has 0 amide bonds. The van der Waals surface area contributed by atoms with Crippen LogP contribution in [0.25, 0.3) is 45.0 Å². The number of allylic oxidation sites excluding steroid dienone is 1. The molecule has 10 rings (SSSR count). The molecule has 10 N–H and O–H groups in total. The van der Waals surface area contributed by atoms with Crippen LogP contribution in [0.3, 0.4) is 0 Å². The summed E-state index contributed by atoms with van der Waals surface area (Å²) >= 11 is 0. The van der Waals surface area contributed by atoms with E-state index in [1.54, 1.807) is 0 Å². The van der Waals surface area contributed by atoms with Crippen LogP contribution in [-0.2, 0) is 32.6 Å². The molecule has 0 radical (unpaired) electrons. The number of H-pyrrole nitrogens is 4. The highest BCUT2D eigenvalue weighted by atomic mass is 16.5. The maximum atomic E-state index is 8.76. The molecule has 8 aromatic rings.